The molecule has 2 aromatic carbocycles. The lowest BCUT2D eigenvalue weighted by Gasteiger charge is -2.29. The van der Waals surface area contributed by atoms with E-state index in [4.69, 9.17) is 14.2 Å². The van der Waals surface area contributed by atoms with Crippen molar-refractivity contribution >= 4 is 17.5 Å². The molecule has 1 aliphatic rings. The van der Waals surface area contributed by atoms with Crippen LogP contribution in [0.25, 0.3) is 0 Å². The Morgan fingerprint density at radius 2 is 2.00 bits per heavy atom. The molecular weight excluding hydrogens is 360 g/mol. The Morgan fingerprint density at radius 3 is 2.75 bits per heavy atom. The number of ether oxygens (including phenoxy) is 3. The highest BCUT2D eigenvalue weighted by molar-refractivity contribution is 5.98. The first-order valence-corrected chi connectivity index (χ1v) is 9.07. The summed E-state index contributed by atoms with van der Waals surface area (Å²) in [5, 5.41) is 2.96. The van der Waals surface area contributed by atoms with Crippen LogP contribution in [0.4, 0.5) is 5.69 Å². The second kappa shape index (κ2) is 8.65. The van der Waals surface area contributed by atoms with Crippen molar-refractivity contribution in [3.63, 3.8) is 0 Å². The average molecular weight is 384 g/mol. The predicted octanol–water partition coefficient (Wildman–Crippen LogP) is 2.70. The Labute approximate surface area is 164 Å². The topological polar surface area (TPSA) is 77.1 Å². The number of rotatable bonds is 7. The number of amides is 2. The van der Waals surface area contributed by atoms with Crippen molar-refractivity contribution < 1.29 is 23.8 Å². The van der Waals surface area contributed by atoms with E-state index in [1.54, 1.807) is 31.3 Å². The van der Waals surface area contributed by atoms with E-state index >= 15 is 0 Å². The molecule has 148 valence electrons. The van der Waals surface area contributed by atoms with Crippen LogP contribution in [0.1, 0.15) is 24.9 Å². The van der Waals surface area contributed by atoms with Gasteiger partial charge >= 0.3 is 0 Å². The monoisotopic (exact) mass is 384 g/mol. The van der Waals surface area contributed by atoms with Gasteiger partial charge < -0.3 is 24.4 Å². The van der Waals surface area contributed by atoms with E-state index in [0.717, 1.165) is 5.56 Å². The van der Waals surface area contributed by atoms with Gasteiger partial charge in [0.15, 0.2) is 6.61 Å². The predicted molar refractivity (Wildman–Crippen MR) is 105 cm³/mol. The van der Waals surface area contributed by atoms with Crippen molar-refractivity contribution in [2.75, 3.05) is 32.3 Å². The van der Waals surface area contributed by atoms with E-state index in [-0.39, 0.29) is 37.4 Å². The summed E-state index contributed by atoms with van der Waals surface area (Å²) in [6.07, 6.45) is 0.177. The summed E-state index contributed by atoms with van der Waals surface area (Å²) in [4.78, 5) is 26.3. The molecule has 0 aromatic heterocycles. The van der Waals surface area contributed by atoms with Gasteiger partial charge in [0.05, 0.1) is 25.9 Å². The van der Waals surface area contributed by atoms with Crippen molar-refractivity contribution in [3.05, 3.63) is 48.0 Å². The summed E-state index contributed by atoms with van der Waals surface area (Å²) >= 11 is 0. The Hall–Kier alpha value is -3.22. The van der Waals surface area contributed by atoms with Gasteiger partial charge in [0.25, 0.3) is 5.91 Å². The van der Waals surface area contributed by atoms with Crippen molar-refractivity contribution in [2.45, 2.75) is 19.4 Å². The van der Waals surface area contributed by atoms with Gasteiger partial charge in [0.2, 0.25) is 5.91 Å². The third kappa shape index (κ3) is 4.19. The van der Waals surface area contributed by atoms with Gasteiger partial charge in [-0.05, 0) is 37.3 Å². The zero-order valence-electron chi connectivity index (χ0n) is 16.2. The molecule has 7 heteroatoms. The Kier molecular flexibility index (Phi) is 6.03. The van der Waals surface area contributed by atoms with Gasteiger partial charge in [-0.2, -0.15) is 0 Å². The van der Waals surface area contributed by atoms with Crippen LogP contribution in [0.5, 0.6) is 17.2 Å². The normalized spacial score (nSPS) is 14.0. The van der Waals surface area contributed by atoms with Crippen LogP contribution in [0, 0.1) is 0 Å². The number of carbonyl (C=O) groups excluding carboxylic acids is 2. The maximum atomic E-state index is 12.5. The number of fused-ring (bicyclic) bond motifs is 1. The molecule has 7 nitrogen and oxygen atoms in total. The average Bonchev–Trinajstić information content (AvgIpc) is 2.72. The molecule has 0 saturated heterocycles. The smallest absolute Gasteiger partial charge is 0.265 e. The molecule has 2 aromatic rings. The molecule has 0 radical (unpaired) electrons. The molecule has 0 unspecified atom stereocenters. The van der Waals surface area contributed by atoms with E-state index in [1.807, 2.05) is 37.3 Å². The standard InChI is InChI=1S/C21H24N2O5/c1-14(16-12-15(26-2)8-9-18(16)27-3)22-20(24)10-11-23-17-6-4-5-7-19(17)28-13-21(23)25/h4-9,12,14H,10-11,13H2,1-3H3,(H,22,24)/t14-/m0/s1. The number of nitrogens with zero attached hydrogens (tertiary/aromatic N) is 1. The van der Waals surface area contributed by atoms with Crippen molar-refractivity contribution in [1.82, 2.24) is 5.32 Å². The van der Waals surface area contributed by atoms with Crippen LogP contribution in [-0.2, 0) is 9.59 Å². The number of para-hydroxylation sites is 2. The fourth-order valence-corrected chi connectivity index (χ4v) is 3.18. The maximum Gasteiger partial charge on any atom is 0.265 e. The second-order valence-electron chi connectivity index (χ2n) is 6.45. The van der Waals surface area contributed by atoms with Crippen molar-refractivity contribution in [2.24, 2.45) is 0 Å². The van der Waals surface area contributed by atoms with E-state index in [0.29, 0.717) is 22.9 Å². The lowest BCUT2D eigenvalue weighted by Crippen LogP contribution is -2.41. The number of carbonyl (C=O) groups is 2. The molecule has 1 atom stereocenters. The van der Waals surface area contributed by atoms with Crippen LogP contribution < -0.4 is 24.4 Å². The first-order valence-electron chi connectivity index (χ1n) is 9.07. The molecular formula is C21H24N2O5. The number of nitrogens with one attached hydrogen (secondary N) is 1. The van der Waals surface area contributed by atoms with Gasteiger partial charge in [-0.1, -0.05) is 12.1 Å². The van der Waals surface area contributed by atoms with Crippen LogP contribution >= 0.6 is 0 Å². The minimum Gasteiger partial charge on any atom is -0.497 e. The SMILES string of the molecule is COc1ccc(OC)c([C@H](C)NC(=O)CCN2C(=O)COc3ccccc32)c1. The van der Waals surface area contributed by atoms with Crippen molar-refractivity contribution in [1.29, 1.82) is 0 Å². The number of hydrogen-bond donors (Lipinski definition) is 1. The van der Waals surface area contributed by atoms with E-state index in [9.17, 15) is 9.59 Å². The summed E-state index contributed by atoms with van der Waals surface area (Å²) in [5.41, 5.74) is 1.51. The Bertz CT molecular complexity index is 868. The molecule has 0 aliphatic carbocycles. The highest BCUT2D eigenvalue weighted by Crippen LogP contribution is 2.32. The van der Waals surface area contributed by atoms with Crippen molar-refractivity contribution in [3.8, 4) is 17.2 Å². The Morgan fingerprint density at radius 1 is 1.21 bits per heavy atom. The summed E-state index contributed by atoms with van der Waals surface area (Å²) in [6.45, 7) is 2.15. The molecule has 0 spiro atoms. The third-order valence-electron chi connectivity index (χ3n) is 4.65. The first kappa shape index (κ1) is 19.5. The molecule has 0 bridgehead atoms. The van der Waals surface area contributed by atoms with Gasteiger partial charge in [-0.15, -0.1) is 0 Å². The number of hydrogen-bond acceptors (Lipinski definition) is 5. The molecule has 1 aliphatic heterocycles. The largest absolute Gasteiger partial charge is 0.497 e. The lowest BCUT2D eigenvalue weighted by atomic mass is 10.1. The minimum atomic E-state index is -0.273. The molecule has 1 N–H and O–H groups in total. The third-order valence-corrected chi connectivity index (χ3v) is 4.65. The first-order chi connectivity index (χ1) is 13.5. The zero-order valence-corrected chi connectivity index (χ0v) is 16.2. The summed E-state index contributed by atoms with van der Waals surface area (Å²) in [7, 11) is 3.17. The van der Waals surface area contributed by atoms with E-state index in [2.05, 4.69) is 5.32 Å². The summed E-state index contributed by atoms with van der Waals surface area (Å²) in [5.74, 6) is 1.69. The summed E-state index contributed by atoms with van der Waals surface area (Å²) in [6, 6.07) is 12.5. The van der Waals surface area contributed by atoms with Crippen LogP contribution in [0.2, 0.25) is 0 Å². The molecule has 0 saturated carbocycles. The highest BCUT2D eigenvalue weighted by Gasteiger charge is 2.25. The van der Waals surface area contributed by atoms with Crippen LogP contribution in [-0.4, -0.2) is 39.2 Å². The molecule has 28 heavy (non-hydrogen) atoms. The van der Waals surface area contributed by atoms with Gasteiger partial charge in [0, 0.05) is 18.5 Å². The van der Waals surface area contributed by atoms with Gasteiger partial charge in [-0.3, -0.25) is 9.59 Å². The van der Waals surface area contributed by atoms with Crippen LogP contribution in [0.3, 0.4) is 0 Å². The molecule has 1 heterocycles. The highest BCUT2D eigenvalue weighted by atomic mass is 16.5. The summed E-state index contributed by atoms with van der Waals surface area (Å²) < 4.78 is 16.1. The number of anilines is 1. The quantitative estimate of drug-likeness (QED) is 0.794. The number of methoxy groups -OCH3 is 2. The second-order valence-corrected chi connectivity index (χ2v) is 6.45. The maximum absolute atomic E-state index is 12.5. The molecule has 3 rings (SSSR count). The molecule has 2 amide bonds. The van der Waals surface area contributed by atoms with Crippen LogP contribution in [0.15, 0.2) is 42.5 Å². The van der Waals surface area contributed by atoms with Gasteiger partial charge in [-0.25, -0.2) is 0 Å². The minimum absolute atomic E-state index is 0.0178. The van der Waals surface area contributed by atoms with E-state index in [1.165, 1.54) is 0 Å². The Balaban J connectivity index is 1.64. The zero-order chi connectivity index (χ0) is 20.1. The lowest BCUT2D eigenvalue weighted by molar-refractivity contribution is -0.122. The fourth-order valence-electron chi connectivity index (χ4n) is 3.18. The van der Waals surface area contributed by atoms with E-state index < -0.39 is 0 Å². The number of benzene rings is 2. The van der Waals surface area contributed by atoms with Gasteiger partial charge in [0.1, 0.15) is 17.2 Å². The fraction of sp³-hybridized carbons (Fsp3) is 0.333. The molecule has 0 fully saturated rings.